The standard InChI is InChI=1S/C22H21N5/c1-3-16-4-7-18(8-5-16)27-14-20(21(26-15-24)10-11-25-2)19-12-17(13-23)6-9-22(19)27/h4-12,14H,2-3,15,24H2,1H3/b11-10-,26-21?. The predicted octanol–water partition coefficient (Wildman–Crippen LogP) is 3.98. The molecule has 0 amide bonds. The Bertz CT molecular complexity index is 1060. The number of rotatable bonds is 6. The molecule has 0 aliphatic rings. The molecule has 27 heavy (non-hydrogen) atoms. The average molecular weight is 355 g/mol. The van der Waals surface area contributed by atoms with Crippen LogP contribution in [-0.2, 0) is 6.42 Å². The van der Waals surface area contributed by atoms with E-state index in [4.69, 9.17) is 5.73 Å². The highest BCUT2D eigenvalue weighted by Gasteiger charge is 2.14. The van der Waals surface area contributed by atoms with Crippen molar-refractivity contribution in [3.05, 3.63) is 77.6 Å². The minimum Gasteiger partial charge on any atom is -0.316 e. The Morgan fingerprint density at radius 3 is 2.67 bits per heavy atom. The SMILES string of the molecule is C=N/C=C\C(=NCN)c1cn(-c2ccc(CC)cc2)c2ccc(C#N)cc12. The van der Waals surface area contributed by atoms with Crippen LogP contribution in [0.3, 0.4) is 0 Å². The summed E-state index contributed by atoms with van der Waals surface area (Å²) in [5.74, 6) is 0. The first kappa shape index (κ1) is 18.3. The lowest BCUT2D eigenvalue weighted by atomic mass is 10.1. The molecule has 0 spiro atoms. The summed E-state index contributed by atoms with van der Waals surface area (Å²) in [6, 6.07) is 16.3. The highest BCUT2D eigenvalue weighted by Crippen LogP contribution is 2.27. The molecular formula is C22H21N5. The van der Waals surface area contributed by atoms with Gasteiger partial charge in [0.15, 0.2) is 0 Å². The van der Waals surface area contributed by atoms with E-state index in [9.17, 15) is 5.26 Å². The zero-order chi connectivity index (χ0) is 19.2. The summed E-state index contributed by atoms with van der Waals surface area (Å²) in [4.78, 5) is 8.17. The van der Waals surface area contributed by atoms with Gasteiger partial charge in [-0.2, -0.15) is 5.26 Å². The lowest BCUT2D eigenvalue weighted by Crippen LogP contribution is -2.03. The zero-order valence-electron chi connectivity index (χ0n) is 15.3. The largest absolute Gasteiger partial charge is 0.316 e. The maximum absolute atomic E-state index is 9.31. The van der Waals surface area contributed by atoms with Gasteiger partial charge in [-0.05, 0) is 55.1 Å². The summed E-state index contributed by atoms with van der Waals surface area (Å²) >= 11 is 0. The smallest absolute Gasteiger partial charge is 0.0991 e. The van der Waals surface area contributed by atoms with Crippen LogP contribution in [0.4, 0.5) is 0 Å². The van der Waals surface area contributed by atoms with Crippen molar-refractivity contribution in [3.8, 4) is 11.8 Å². The van der Waals surface area contributed by atoms with Crippen molar-refractivity contribution >= 4 is 23.3 Å². The van der Waals surface area contributed by atoms with Gasteiger partial charge in [-0.3, -0.25) is 9.98 Å². The molecule has 3 rings (SSSR count). The fourth-order valence-corrected chi connectivity index (χ4v) is 3.06. The molecule has 2 N–H and O–H groups in total. The van der Waals surface area contributed by atoms with E-state index in [-0.39, 0.29) is 6.67 Å². The Kier molecular flexibility index (Phi) is 5.60. The van der Waals surface area contributed by atoms with Crippen molar-refractivity contribution in [2.45, 2.75) is 13.3 Å². The molecule has 1 heterocycles. The number of aliphatic imine (C=N–C) groups is 2. The van der Waals surface area contributed by atoms with Crippen LogP contribution in [-0.4, -0.2) is 23.7 Å². The van der Waals surface area contributed by atoms with E-state index in [1.807, 2.05) is 24.4 Å². The topological polar surface area (TPSA) is 79.5 Å². The minimum absolute atomic E-state index is 0.159. The van der Waals surface area contributed by atoms with E-state index in [0.717, 1.165) is 28.6 Å². The molecule has 5 nitrogen and oxygen atoms in total. The van der Waals surface area contributed by atoms with Crippen LogP contribution in [0, 0.1) is 11.3 Å². The third kappa shape index (κ3) is 3.71. The Morgan fingerprint density at radius 2 is 2.04 bits per heavy atom. The average Bonchev–Trinajstić information content (AvgIpc) is 3.09. The Labute approximate surface area is 158 Å². The molecule has 0 saturated carbocycles. The van der Waals surface area contributed by atoms with E-state index >= 15 is 0 Å². The van der Waals surface area contributed by atoms with Crippen LogP contribution in [0.5, 0.6) is 0 Å². The number of nitriles is 1. The minimum atomic E-state index is 0.159. The van der Waals surface area contributed by atoms with Crippen LogP contribution in [0.15, 0.2) is 70.9 Å². The lowest BCUT2D eigenvalue weighted by molar-refractivity contribution is 1.07. The van der Waals surface area contributed by atoms with E-state index in [0.29, 0.717) is 11.3 Å². The number of allylic oxidation sites excluding steroid dienone is 1. The maximum atomic E-state index is 9.31. The summed E-state index contributed by atoms with van der Waals surface area (Å²) < 4.78 is 2.10. The molecule has 0 aliphatic heterocycles. The molecule has 0 unspecified atom stereocenters. The highest BCUT2D eigenvalue weighted by molar-refractivity contribution is 6.16. The molecule has 0 bridgehead atoms. The number of nitrogens with two attached hydrogens (primary N) is 1. The number of hydrogen-bond donors (Lipinski definition) is 1. The number of hydrogen-bond acceptors (Lipinski definition) is 4. The highest BCUT2D eigenvalue weighted by atomic mass is 15.0. The van der Waals surface area contributed by atoms with Gasteiger partial charge in [0.25, 0.3) is 0 Å². The quantitative estimate of drug-likeness (QED) is 0.679. The van der Waals surface area contributed by atoms with E-state index in [2.05, 4.69) is 58.5 Å². The molecule has 0 aliphatic carbocycles. The van der Waals surface area contributed by atoms with Crippen LogP contribution in [0.2, 0.25) is 0 Å². The Morgan fingerprint density at radius 1 is 1.26 bits per heavy atom. The van der Waals surface area contributed by atoms with Gasteiger partial charge >= 0.3 is 0 Å². The zero-order valence-corrected chi connectivity index (χ0v) is 15.3. The normalized spacial score (nSPS) is 11.8. The number of fused-ring (bicyclic) bond motifs is 1. The van der Waals surface area contributed by atoms with Crippen molar-refractivity contribution in [1.82, 2.24) is 4.57 Å². The molecule has 1 aromatic heterocycles. The van der Waals surface area contributed by atoms with Gasteiger partial charge in [0.2, 0.25) is 0 Å². The van der Waals surface area contributed by atoms with Gasteiger partial charge in [0.05, 0.1) is 29.5 Å². The molecule has 134 valence electrons. The first-order chi connectivity index (χ1) is 13.2. The van der Waals surface area contributed by atoms with E-state index in [1.165, 1.54) is 5.56 Å². The summed E-state index contributed by atoms with van der Waals surface area (Å²) in [7, 11) is 0. The van der Waals surface area contributed by atoms with Gasteiger partial charge in [0.1, 0.15) is 0 Å². The molecule has 0 saturated heterocycles. The second-order valence-corrected chi connectivity index (χ2v) is 6.00. The number of nitrogens with zero attached hydrogens (tertiary/aromatic N) is 4. The summed E-state index contributed by atoms with van der Waals surface area (Å²) in [6.45, 7) is 5.77. The first-order valence-electron chi connectivity index (χ1n) is 8.73. The van der Waals surface area contributed by atoms with Crippen molar-refractivity contribution in [3.63, 3.8) is 0 Å². The fraction of sp³-hybridized carbons (Fsp3) is 0.136. The summed E-state index contributed by atoms with van der Waals surface area (Å²) in [6.07, 6.45) is 6.38. The fourth-order valence-electron chi connectivity index (χ4n) is 3.06. The van der Waals surface area contributed by atoms with Gasteiger partial charge in [0, 0.05) is 29.0 Å². The maximum Gasteiger partial charge on any atom is 0.0991 e. The van der Waals surface area contributed by atoms with Crippen LogP contribution in [0.25, 0.3) is 16.6 Å². The van der Waals surface area contributed by atoms with Gasteiger partial charge in [-0.25, -0.2) is 0 Å². The second-order valence-electron chi connectivity index (χ2n) is 6.00. The van der Waals surface area contributed by atoms with Gasteiger partial charge in [-0.1, -0.05) is 19.1 Å². The Balaban J connectivity index is 2.26. The number of aryl methyl sites for hydroxylation is 1. The van der Waals surface area contributed by atoms with Crippen LogP contribution >= 0.6 is 0 Å². The van der Waals surface area contributed by atoms with Crippen LogP contribution < -0.4 is 5.73 Å². The summed E-state index contributed by atoms with van der Waals surface area (Å²) in [5.41, 5.74) is 11.2. The molecule has 0 radical (unpaired) electrons. The van der Waals surface area contributed by atoms with Crippen molar-refractivity contribution in [2.75, 3.05) is 6.67 Å². The van der Waals surface area contributed by atoms with E-state index in [1.54, 1.807) is 12.3 Å². The van der Waals surface area contributed by atoms with E-state index < -0.39 is 0 Å². The van der Waals surface area contributed by atoms with Crippen molar-refractivity contribution in [2.24, 2.45) is 15.7 Å². The third-order valence-corrected chi connectivity index (χ3v) is 4.43. The number of benzene rings is 2. The third-order valence-electron chi connectivity index (χ3n) is 4.43. The monoisotopic (exact) mass is 355 g/mol. The van der Waals surface area contributed by atoms with Crippen molar-refractivity contribution < 1.29 is 0 Å². The van der Waals surface area contributed by atoms with Crippen LogP contribution in [0.1, 0.15) is 23.6 Å². The molecular weight excluding hydrogens is 334 g/mol. The van der Waals surface area contributed by atoms with Gasteiger partial charge in [-0.15, -0.1) is 0 Å². The summed E-state index contributed by atoms with van der Waals surface area (Å²) in [5, 5.41) is 10.2. The van der Waals surface area contributed by atoms with Gasteiger partial charge < -0.3 is 10.3 Å². The molecule has 0 fully saturated rings. The van der Waals surface area contributed by atoms with Crippen molar-refractivity contribution in [1.29, 1.82) is 5.26 Å². The second kappa shape index (κ2) is 8.26. The Hall–Kier alpha value is -3.49. The number of aromatic nitrogens is 1. The molecule has 5 heteroatoms. The lowest BCUT2D eigenvalue weighted by Gasteiger charge is -2.06. The molecule has 3 aromatic rings. The predicted molar refractivity (Wildman–Crippen MR) is 112 cm³/mol. The first-order valence-corrected chi connectivity index (χ1v) is 8.73. The molecule has 2 aromatic carbocycles. The molecule has 0 atom stereocenters.